The second-order valence-electron chi connectivity index (χ2n) is 5.47. The molecule has 3 rings (SSSR count). The van der Waals surface area contributed by atoms with E-state index < -0.39 is 6.10 Å². The molecule has 3 nitrogen and oxygen atoms in total. The van der Waals surface area contributed by atoms with Gasteiger partial charge < -0.3 is 10.1 Å². The number of rotatable bonds is 5. The zero-order chi connectivity index (χ0) is 16.1. The van der Waals surface area contributed by atoms with Gasteiger partial charge in [-0.3, -0.25) is 4.79 Å². The van der Waals surface area contributed by atoms with Crippen LogP contribution in [0.3, 0.4) is 0 Å². The van der Waals surface area contributed by atoms with E-state index >= 15 is 0 Å². The van der Waals surface area contributed by atoms with E-state index in [4.69, 9.17) is 4.74 Å². The van der Waals surface area contributed by atoms with Crippen molar-refractivity contribution in [1.82, 2.24) is 5.32 Å². The van der Waals surface area contributed by atoms with Gasteiger partial charge in [-0.15, -0.1) is 0 Å². The Kier molecular flexibility index (Phi) is 4.57. The first-order valence-electron chi connectivity index (χ1n) is 7.69. The number of nitrogens with one attached hydrogen (secondary N) is 1. The van der Waals surface area contributed by atoms with E-state index in [0.717, 1.165) is 16.3 Å². The average Bonchev–Trinajstić information content (AvgIpc) is 2.60. The number of ether oxygens (including phenoxy) is 1. The highest BCUT2D eigenvalue weighted by molar-refractivity contribution is 5.84. The topological polar surface area (TPSA) is 38.3 Å². The van der Waals surface area contributed by atoms with Gasteiger partial charge in [0.1, 0.15) is 5.75 Å². The SMILES string of the molecule is CC(Oc1ccc2ccccc2c1)C(=O)NCc1ccccc1. The molecule has 3 aromatic rings. The van der Waals surface area contributed by atoms with Crippen molar-refractivity contribution in [2.45, 2.75) is 19.6 Å². The fourth-order valence-electron chi connectivity index (χ4n) is 2.43. The number of hydrogen-bond acceptors (Lipinski definition) is 2. The second kappa shape index (κ2) is 6.97. The molecular weight excluding hydrogens is 286 g/mol. The smallest absolute Gasteiger partial charge is 0.261 e. The van der Waals surface area contributed by atoms with Crippen LogP contribution in [0.5, 0.6) is 5.75 Å². The Morgan fingerprint density at radius 2 is 1.65 bits per heavy atom. The summed E-state index contributed by atoms with van der Waals surface area (Å²) in [6.45, 7) is 2.26. The Morgan fingerprint density at radius 1 is 0.957 bits per heavy atom. The van der Waals surface area contributed by atoms with E-state index in [1.165, 1.54) is 0 Å². The molecule has 1 amide bonds. The summed E-state index contributed by atoms with van der Waals surface area (Å²) in [5, 5.41) is 5.14. The van der Waals surface area contributed by atoms with Crippen molar-refractivity contribution in [2.24, 2.45) is 0 Å². The van der Waals surface area contributed by atoms with Gasteiger partial charge >= 0.3 is 0 Å². The summed E-state index contributed by atoms with van der Waals surface area (Å²) in [5.41, 5.74) is 1.07. The van der Waals surface area contributed by atoms with Gasteiger partial charge in [-0.1, -0.05) is 60.7 Å². The zero-order valence-corrected chi connectivity index (χ0v) is 13.0. The van der Waals surface area contributed by atoms with Crippen molar-refractivity contribution in [3.8, 4) is 5.75 Å². The lowest BCUT2D eigenvalue weighted by molar-refractivity contribution is -0.127. The van der Waals surface area contributed by atoms with Gasteiger partial charge in [0, 0.05) is 6.54 Å². The van der Waals surface area contributed by atoms with Crippen molar-refractivity contribution in [1.29, 1.82) is 0 Å². The summed E-state index contributed by atoms with van der Waals surface area (Å²) in [6.07, 6.45) is -0.542. The molecule has 0 aliphatic rings. The first kappa shape index (κ1) is 15.1. The van der Waals surface area contributed by atoms with Crippen LogP contribution in [0.4, 0.5) is 0 Å². The predicted octanol–water partition coefficient (Wildman–Crippen LogP) is 3.92. The molecule has 0 aromatic heterocycles. The number of carbonyl (C=O) groups is 1. The molecule has 0 aliphatic heterocycles. The third kappa shape index (κ3) is 3.89. The maximum absolute atomic E-state index is 12.1. The molecule has 0 spiro atoms. The summed E-state index contributed by atoms with van der Waals surface area (Å²) in [6, 6.07) is 23.7. The molecule has 0 radical (unpaired) electrons. The van der Waals surface area contributed by atoms with Gasteiger partial charge in [-0.05, 0) is 35.4 Å². The molecule has 23 heavy (non-hydrogen) atoms. The molecular formula is C20H19NO2. The van der Waals surface area contributed by atoms with Gasteiger partial charge in [0.15, 0.2) is 6.10 Å². The monoisotopic (exact) mass is 305 g/mol. The van der Waals surface area contributed by atoms with Crippen LogP contribution in [0.15, 0.2) is 72.8 Å². The van der Waals surface area contributed by atoms with Crippen LogP contribution >= 0.6 is 0 Å². The van der Waals surface area contributed by atoms with Crippen molar-refractivity contribution in [3.63, 3.8) is 0 Å². The molecule has 1 unspecified atom stereocenters. The maximum Gasteiger partial charge on any atom is 0.261 e. The maximum atomic E-state index is 12.1. The largest absolute Gasteiger partial charge is 0.481 e. The molecule has 0 saturated heterocycles. The van der Waals surface area contributed by atoms with Crippen LogP contribution in [-0.2, 0) is 11.3 Å². The lowest BCUT2D eigenvalue weighted by atomic mass is 10.1. The highest BCUT2D eigenvalue weighted by Gasteiger charge is 2.14. The lowest BCUT2D eigenvalue weighted by Crippen LogP contribution is -2.35. The lowest BCUT2D eigenvalue weighted by Gasteiger charge is -2.15. The van der Waals surface area contributed by atoms with Crippen LogP contribution in [0.1, 0.15) is 12.5 Å². The fraction of sp³-hybridized carbons (Fsp3) is 0.150. The molecule has 116 valence electrons. The molecule has 0 aliphatic carbocycles. The molecule has 3 aromatic carbocycles. The second-order valence-corrected chi connectivity index (χ2v) is 5.47. The minimum Gasteiger partial charge on any atom is -0.481 e. The van der Waals surface area contributed by atoms with E-state index in [9.17, 15) is 4.79 Å². The van der Waals surface area contributed by atoms with E-state index in [-0.39, 0.29) is 5.91 Å². The molecule has 0 fully saturated rings. The minimum atomic E-state index is -0.542. The Bertz CT molecular complexity index is 799. The fourth-order valence-corrected chi connectivity index (χ4v) is 2.43. The molecule has 1 atom stereocenters. The highest BCUT2D eigenvalue weighted by Crippen LogP contribution is 2.21. The van der Waals surface area contributed by atoms with Gasteiger partial charge in [0.25, 0.3) is 5.91 Å². The Morgan fingerprint density at radius 3 is 2.43 bits per heavy atom. The standard InChI is InChI=1S/C20H19NO2/c1-15(20(22)21-14-16-7-3-2-4-8-16)23-19-12-11-17-9-5-6-10-18(17)13-19/h2-13,15H,14H2,1H3,(H,21,22). The summed E-state index contributed by atoms with van der Waals surface area (Å²) in [5.74, 6) is 0.577. The number of benzene rings is 3. The van der Waals surface area contributed by atoms with Crippen LogP contribution in [0, 0.1) is 0 Å². The van der Waals surface area contributed by atoms with Gasteiger partial charge in [0.2, 0.25) is 0 Å². The Labute approximate surface area is 135 Å². The van der Waals surface area contributed by atoms with Crippen molar-refractivity contribution in [2.75, 3.05) is 0 Å². The van der Waals surface area contributed by atoms with Crippen LogP contribution < -0.4 is 10.1 Å². The zero-order valence-electron chi connectivity index (χ0n) is 13.0. The van der Waals surface area contributed by atoms with Gasteiger partial charge in [0.05, 0.1) is 0 Å². The van der Waals surface area contributed by atoms with Crippen LogP contribution in [0.25, 0.3) is 10.8 Å². The van der Waals surface area contributed by atoms with Crippen molar-refractivity contribution >= 4 is 16.7 Å². The molecule has 0 bridgehead atoms. The van der Waals surface area contributed by atoms with Gasteiger partial charge in [-0.2, -0.15) is 0 Å². The first-order valence-corrected chi connectivity index (χ1v) is 7.69. The number of fused-ring (bicyclic) bond motifs is 1. The van der Waals surface area contributed by atoms with Crippen molar-refractivity contribution in [3.05, 3.63) is 78.4 Å². The summed E-state index contributed by atoms with van der Waals surface area (Å²) >= 11 is 0. The highest BCUT2D eigenvalue weighted by atomic mass is 16.5. The molecule has 1 N–H and O–H groups in total. The number of carbonyl (C=O) groups excluding carboxylic acids is 1. The normalized spacial score (nSPS) is 11.9. The Balaban J connectivity index is 1.60. The van der Waals surface area contributed by atoms with Crippen LogP contribution in [-0.4, -0.2) is 12.0 Å². The third-order valence-electron chi connectivity index (χ3n) is 3.71. The summed E-state index contributed by atoms with van der Waals surface area (Å²) in [7, 11) is 0. The van der Waals surface area contributed by atoms with E-state index in [2.05, 4.69) is 11.4 Å². The first-order chi connectivity index (χ1) is 11.2. The van der Waals surface area contributed by atoms with Gasteiger partial charge in [-0.25, -0.2) is 0 Å². The third-order valence-corrected chi connectivity index (χ3v) is 3.71. The van der Waals surface area contributed by atoms with E-state index in [0.29, 0.717) is 12.3 Å². The van der Waals surface area contributed by atoms with E-state index in [1.54, 1.807) is 6.92 Å². The minimum absolute atomic E-state index is 0.123. The van der Waals surface area contributed by atoms with Crippen molar-refractivity contribution < 1.29 is 9.53 Å². The Hall–Kier alpha value is -2.81. The molecule has 0 saturated carbocycles. The molecule has 0 heterocycles. The summed E-state index contributed by atoms with van der Waals surface area (Å²) in [4.78, 5) is 12.1. The quantitative estimate of drug-likeness (QED) is 0.776. The average molecular weight is 305 g/mol. The number of hydrogen-bond donors (Lipinski definition) is 1. The predicted molar refractivity (Wildman–Crippen MR) is 92.3 cm³/mol. The number of amides is 1. The molecule has 3 heteroatoms. The van der Waals surface area contributed by atoms with E-state index in [1.807, 2.05) is 66.7 Å². The van der Waals surface area contributed by atoms with Crippen LogP contribution in [0.2, 0.25) is 0 Å². The summed E-state index contributed by atoms with van der Waals surface area (Å²) < 4.78 is 5.76.